The monoisotopic (exact) mass is 164 g/mol. The molecular formula is C6H8N6. The van der Waals surface area contributed by atoms with Crippen LogP contribution in [0.4, 0.5) is 5.82 Å². The standard InChI is InChI=1S/C6H8N6/c1-12(2)6-4-5(8-3-7-4)9-11-10-6/h3H,1-2H3,(H,7,8,9,10). The summed E-state index contributed by atoms with van der Waals surface area (Å²) < 4.78 is 0. The van der Waals surface area contributed by atoms with Crippen molar-refractivity contribution in [3.8, 4) is 0 Å². The molecule has 6 nitrogen and oxygen atoms in total. The highest BCUT2D eigenvalue weighted by Gasteiger charge is 2.07. The molecule has 0 bridgehead atoms. The van der Waals surface area contributed by atoms with E-state index in [0.29, 0.717) is 5.65 Å². The molecule has 0 fully saturated rings. The van der Waals surface area contributed by atoms with Crippen molar-refractivity contribution >= 4 is 17.0 Å². The predicted octanol–water partition coefficient (Wildman–Crippen LogP) is -0.186. The van der Waals surface area contributed by atoms with Gasteiger partial charge in [0.25, 0.3) is 0 Å². The summed E-state index contributed by atoms with van der Waals surface area (Å²) in [6, 6.07) is 0. The van der Waals surface area contributed by atoms with Gasteiger partial charge < -0.3 is 9.88 Å². The Morgan fingerprint density at radius 1 is 1.33 bits per heavy atom. The van der Waals surface area contributed by atoms with E-state index in [9.17, 15) is 0 Å². The second kappa shape index (κ2) is 2.40. The summed E-state index contributed by atoms with van der Waals surface area (Å²) in [6.07, 6.45) is 1.58. The van der Waals surface area contributed by atoms with E-state index in [0.717, 1.165) is 11.3 Å². The number of H-pyrrole nitrogens is 1. The van der Waals surface area contributed by atoms with Gasteiger partial charge in [0.1, 0.15) is 5.52 Å². The molecular weight excluding hydrogens is 156 g/mol. The van der Waals surface area contributed by atoms with Gasteiger partial charge in [-0.05, 0) is 5.21 Å². The molecule has 2 aromatic rings. The van der Waals surface area contributed by atoms with E-state index in [1.165, 1.54) is 0 Å². The zero-order valence-electron chi connectivity index (χ0n) is 6.81. The van der Waals surface area contributed by atoms with Crippen LogP contribution in [0.25, 0.3) is 11.2 Å². The van der Waals surface area contributed by atoms with Crippen LogP contribution in [0.15, 0.2) is 6.33 Å². The fraction of sp³-hybridized carbons (Fsp3) is 0.333. The van der Waals surface area contributed by atoms with Gasteiger partial charge in [-0.2, -0.15) is 0 Å². The molecule has 12 heavy (non-hydrogen) atoms. The van der Waals surface area contributed by atoms with Crippen LogP contribution in [0.2, 0.25) is 0 Å². The van der Waals surface area contributed by atoms with Crippen LogP contribution >= 0.6 is 0 Å². The van der Waals surface area contributed by atoms with Crippen LogP contribution in [0.1, 0.15) is 0 Å². The van der Waals surface area contributed by atoms with Gasteiger partial charge in [-0.1, -0.05) is 0 Å². The van der Waals surface area contributed by atoms with Crippen molar-refractivity contribution in [2.45, 2.75) is 0 Å². The smallest absolute Gasteiger partial charge is 0.205 e. The summed E-state index contributed by atoms with van der Waals surface area (Å²) in [4.78, 5) is 8.77. The van der Waals surface area contributed by atoms with Crippen molar-refractivity contribution in [3.05, 3.63) is 6.33 Å². The van der Waals surface area contributed by atoms with Crippen LogP contribution in [0, 0.1) is 0 Å². The van der Waals surface area contributed by atoms with Gasteiger partial charge in [-0.15, -0.1) is 10.2 Å². The lowest BCUT2D eigenvalue weighted by atomic mass is 10.5. The molecule has 2 rings (SSSR count). The number of anilines is 1. The van der Waals surface area contributed by atoms with E-state index < -0.39 is 0 Å². The van der Waals surface area contributed by atoms with Gasteiger partial charge >= 0.3 is 0 Å². The first-order chi connectivity index (χ1) is 5.79. The first kappa shape index (κ1) is 6.96. The Bertz CT molecular complexity index is 392. The molecule has 0 unspecified atom stereocenters. The largest absolute Gasteiger partial charge is 0.359 e. The van der Waals surface area contributed by atoms with Crippen LogP contribution in [0.3, 0.4) is 0 Å². The van der Waals surface area contributed by atoms with Crippen molar-refractivity contribution in [2.75, 3.05) is 19.0 Å². The van der Waals surface area contributed by atoms with Gasteiger partial charge in [0, 0.05) is 14.1 Å². The summed E-state index contributed by atoms with van der Waals surface area (Å²) in [6.45, 7) is 0. The maximum atomic E-state index is 3.97. The molecule has 2 heterocycles. The molecule has 0 atom stereocenters. The van der Waals surface area contributed by atoms with E-state index in [1.54, 1.807) is 6.33 Å². The Kier molecular flexibility index (Phi) is 1.39. The number of nitrogens with one attached hydrogen (secondary N) is 1. The third-order valence-corrected chi connectivity index (χ3v) is 1.55. The van der Waals surface area contributed by atoms with Gasteiger partial charge in [0.2, 0.25) is 5.65 Å². The minimum Gasteiger partial charge on any atom is -0.359 e. The quantitative estimate of drug-likeness (QED) is 0.632. The minimum absolute atomic E-state index is 0.591. The number of hydrogen-bond donors (Lipinski definition) is 1. The zero-order valence-corrected chi connectivity index (χ0v) is 6.81. The summed E-state index contributed by atoms with van der Waals surface area (Å²) in [5.74, 6) is 0.748. The number of rotatable bonds is 1. The Morgan fingerprint density at radius 3 is 2.92 bits per heavy atom. The Hall–Kier alpha value is -1.72. The molecule has 0 aliphatic carbocycles. The summed E-state index contributed by atoms with van der Waals surface area (Å²) in [5, 5.41) is 11.2. The van der Waals surface area contributed by atoms with Gasteiger partial charge in [-0.25, -0.2) is 4.98 Å². The molecule has 0 aromatic carbocycles. The molecule has 6 heteroatoms. The van der Waals surface area contributed by atoms with E-state index >= 15 is 0 Å². The third-order valence-electron chi connectivity index (χ3n) is 1.55. The van der Waals surface area contributed by atoms with Gasteiger partial charge in [-0.3, -0.25) is 0 Å². The molecule has 0 saturated heterocycles. The van der Waals surface area contributed by atoms with Crippen LogP contribution in [-0.2, 0) is 0 Å². The number of hydrogen-bond acceptors (Lipinski definition) is 5. The average molecular weight is 164 g/mol. The molecule has 0 aliphatic rings. The minimum atomic E-state index is 0.591. The summed E-state index contributed by atoms with van der Waals surface area (Å²) in [7, 11) is 3.79. The van der Waals surface area contributed by atoms with Crippen LogP contribution < -0.4 is 4.90 Å². The van der Waals surface area contributed by atoms with E-state index in [2.05, 4.69) is 25.4 Å². The Labute approximate surface area is 68.6 Å². The predicted molar refractivity (Wildman–Crippen MR) is 43.8 cm³/mol. The maximum Gasteiger partial charge on any atom is 0.205 e. The Balaban J connectivity index is 2.73. The third kappa shape index (κ3) is 0.884. The van der Waals surface area contributed by atoms with Crippen molar-refractivity contribution in [2.24, 2.45) is 0 Å². The SMILES string of the molecule is CN(C)c1nnnc2nc[nH]c12. The highest BCUT2D eigenvalue weighted by Crippen LogP contribution is 2.15. The van der Waals surface area contributed by atoms with Crippen molar-refractivity contribution in [3.63, 3.8) is 0 Å². The fourth-order valence-electron chi connectivity index (χ4n) is 0.998. The molecule has 0 aliphatic heterocycles. The summed E-state index contributed by atoms with van der Waals surface area (Å²) in [5.41, 5.74) is 1.41. The second-order valence-corrected chi connectivity index (χ2v) is 2.61. The zero-order chi connectivity index (χ0) is 8.55. The van der Waals surface area contributed by atoms with Crippen LogP contribution in [0.5, 0.6) is 0 Å². The van der Waals surface area contributed by atoms with Gasteiger partial charge in [0.05, 0.1) is 6.33 Å². The Morgan fingerprint density at radius 2 is 2.17 bits per heavy atom. The van der Waals surface area contributed by atoms with E-state index in [4.69, 9.17) is 0 Å². The highest BCUT2D eigenvalue weighted by atomic mass is 15.4. The highest BCUT2D eigenvalue weighted by molar-refractivity contribution is 5.81. The molecule has 0 spiro atoms. The molecule has 1 N–H and O–H groups in total. The first-order valence-electron chi connectivity index (χ1n) is 3.49. The lowest BCUT2D eigenvalue weighted by molar-refractivity contribution is 0.867. The molecule has 0 radical (unpaired) electrons. The topological polar surface area (TPSA) is 70.6 Å². The number of nitrogens with zero attached hydrogens (tertiary/aromatic N) is 5. The average Bonchev–Trinajstić information content (AvgIpc) is 2.49. The fourth-order valence-corrected chi connectivity index (χ4v) is 0.998. The van der Waals surface area contributed by atoms with Gasteiger partial charge in [0.15, 0.2) is 5.82 Å². The molecule has 0 amide bonds. The van der Waals surface area contributed by atoms with Crippen LogP contribution in [-0.4, -0.2) is 39.5 Å². The molecule has 2 aromatic heterocycles. The number of imidazole rings is 1. The van der Waals surface area contributed by atoms with E-state index in [1.807, 2.05) is 19.0 Å². The second-order valence-electron chi connectivity index (χ2n) is 2.61. The summed E-state index contributed by atoms with van der Waals surface area (Å²) >= 11 is 0. The molecule has 62 valence electrons. The lowest BCUT2D eigenvalue weighted by Crippen LogP contribution is -2.12. The first-order valence-corrected chi connectivity index (χ1v) is 3.49. The maximum absolute atomic E-state index is 3.97. The molecule has 0 saturated carbocycles. The lowest BCUT2D eigenvalue weighted by Gasteiger charge is -2.08. The van der Waals surface area contributed by atoms with Crippen molar-refractivity contribution < 1.29 is 0 Å². The van der Waals surface area contributed by atoms with E-state index in [-0.39, 0.29) is 0 Å². The number of fused-ring (bicyclic) bond motifs is 1. The number of aromatic nitrogens is 5. The van der Waals surface area contributed by atoms with Crippen molar-refractivity contribution in [1.29, 1.82) is 0 Å². The van der Waals surface area contributed by atoms with Crippen molar-refractivity contribution in [1.82, 2.24) is 25.4 Å². The normalized spacial score (nSPS) is 10.5. The number of aromatic amines is 1.